The van der Waals surface area contributed by atoms with E-state index in [9.17, 15) is 4.79 Å². The van der Waals surface area contributed by atoms with Crippen LogP contribution in [0.1, 0.15) is 16.8 Å². The molecule has 22 heavy (non-hydrogen) atoms. The fourth-order valence-electron chi connectivity index (χ4n) is 1.98. The highest BCUT2D eigenvalue weighted by molar-refractivity contribution is 5.90. The summed E-state index contributed by atoms with van der Waals surface area (Å²) in [6.07, 6.45) is 0. The maximum Gasteiger partial charge on any atom is 0.319 e. The van der Waals surface area contributed by atoms with Gasteiger partial charge in [0.15, 0.2) is 0 Å². The Kier molecular flexibility index (Phi) is 5.30. The highest BCUT2D eigenvalue weighted by Crippen LogP contribution is 2.15. The molecule has 1 aromatic heterocycles. The molecule has 0 spiro atoms. The van der Waals surface area contributed by atoms with Gasteiger partial charge in [0.1, 0.15) is 5.82 Å². The maximum atomic E-state index is 11.8. The second-order valence-corrected chi connectivity index (χ2v) is 5.19. The Morgan fingerprint density at radius 1 is 1.05 bits per heavy atom. The number of aromatic nitrogens is 2. The third-order valence-corrected chi connectivity index (χ3v) is 3.14. The van der Waals surface area contributed by atoms with Crippen molar-refractivity contribution >= 4 is 17.5 Å². The first-order valence-electron chi connectivity index (χ1n) is 7.21. The second-order valence-electron chi connectivity index (χ2n) is 5.19. The highest BCUT2D eigenvalue weighted by atomic mass is 16.2. The third kappa shape index (κ3) is 4.73. The summed E-state index contributed by atoms with van der Waals surface area (Å²) in [5.74, 6) is 0.696. The van der Waals surface area contributed by atoms with E-state index in [1.54, 1.807) is 0 Å². The number of benzene rings is 1. The molecular weight excluding hydrogens is 278 g/mol. The number of anilines is 2. The van der Waals surface area contributed by atoms with Crippen LogP contribution >= 0.6 is 0 Å². The standard InChI is InChI=1S/C16H21N5O/c1-11-4-6-14(12(2)10-11)19-16(22)18-9-8-17-15-7-5-13(3)20-21-15/h4-7,10H,8-9H2,1-3H3,(H,17,21)(H2,18,19,22). The zero-order valence-electron chi connectivity index (χ0n) is 13.1. The maximum absolute atomic E-state index is 11.8. The molecule has 2 rings (SSSR count). The Balaban J connectivity index is 1.72. The van der Waals surface area contributed by atoms with Crippen molar-refractivity contribution in [3.63, 3.8) is 0 Å². The monoisotopic (exact) mass is 299 g/mol. The van der Waals surface area contributed by atoms with E-state index < -0.39 is 0 Å². The van der Waals surface area contributed by atoms with Crippen LogP contribution in [0.2, 0.25) is 0 Å². The quantitative estimate of drug-likeness (QED) is 0.742. The number of urea groups is 1. The summed E-state index contributed by atoms with van der Waals surface area (Å²) in [4.78, 5) is 11.8. The fraction of sp³-hybridized carbons (Fsp3) is 0.312. The summed E-state index contributed by atoms with van der Waals surface area (Å²) in [5, 5.41) is 16.7. The highest BCUT2D eigenvalue weighted by Gasteiger charge is 2.03. The molecule has 1 heterocycles. The van der Waals surface area contributed by atoms with Gasteiger partial charge in [0.25, 0.3) is 0 Å². The van der Waals surface area contributed by atoms with Gasteiger partial charge in [0.05, 0.1) is 5.69 Å². The lowest BCUT2D eigenvalue weighted by molar-refractivity contribution is 0.252. The van der Waals surface area contributed by atoms with Gasteiger partial charge in [-0.2, -0.15) is 5.10 Å². The van der Waals surface area contributed by atoms with Crippen molar-refractivity contribution in [3.05, 3.63) is 47.2 Å². The van der Waals surface area contributed by atoms with Gasteiger partial charge in [-0.05, 0) is 44.5 Å². The lowest BCUT2D eigenvalue weighted by atomic mass is 10.1. The number of aryl methyl sites for hydroxylation is 3. The Morgan fingerprint density at radius 2 is 1.86 bits per heavy atom. The number of nitrogens with one attached hydrogen (secondary N) is 3. The van der Waals surface area contributed by atoms with E-state index in [0.29, 0.717) is 18.9 Å². The molecule has 0 aliphatic rings. The van der Waals surface area contributed by atoms with Gasteiger partial charge in [-0.3, -0.25) is 0 Å². The molecular formula is C16H21N5O. The zero-order chi connectivity index (χ0) is 15.9. The van der Waals surface area contributed by atoms with Crippen LogP contribution in [0.5, 0.6) is 0 Å². The molecule has 6 heteroatoms. The van der Waals surface area contributed by atoms with Crippen LogP contribution in [0.3, 0.4) is 0 Å². The number of carbonyl (C=O) groups is 1. The Hall–Kier alpha value is -2.63. The number of hydrogen-bond acceptors (Lipinski definition) is 4. The molecule has 3 N–H and O–H groups in total. The van der Waals surface area contributed by atoms with Crippen LogP contribution < -0.4 is 16.0 Å². The van der Waals surface area contributed by atoms with E-state index >= 15 is 0 Å². The Morgan fingerprint density at radius 3 is 2.55 bits per heavy atom. The van der Waals surface area contributed by atoms with Gasteiger partial charge in [0.2, 0.25) is 0 Å². The normalized spacial score (nSPS) is 10.1. The molecule has 0 unspecified atom stereocenters. The molecule has 2 aromatic rings. The first-order valence-corrected chi connectivity index (χ1v) is 7.21. The van der Waals surface area contributed by atoms with Crippen molar-refractivity contribution < 1.29 is 4.79 Å². The molecule has 0 fully saturated rings. The summed E-state index contributed by atoms with van der Waals surface area (Å²) < 4.78 is 0. The van der Waals surface area contributed by atoms with Crippen molar-refractivity contribution in [1.29, 1.82) is 0 Å². The largest absolute Gasteiger partial charge is 0.367 e. The molecule has 0 atom stereocenters. The average molecular weight is 299 g/mol. The molecule has 0 aliphatic heterocycles. The minimum absolute atomic E-state index is 0.219. The molecule has 0 radical (unpaired) electrons. The minimum atomic E-state index is -0.219. The van der Waals surface area contributed by atoms with E-state index in [0.717, 1.165) is 16.9 Å². The summed E-state index contributed by atoms with van der Waals surface area (Å²) >= 11 is 0. The van der Waals surface area contributed by atoms with Gasteiger partial charge in [-0.25, -0.2) is 4.79 Å². The number of hydrogen-bond donors (Lipinski definition) is 3. The Labute approximate surface area is 130 Å². The molecule has 0 saturated carbocycles. The summed E-state index contributed by atoms with van der Waals surface area (Å²) in [6, 6.07) is 9.44. The number of rotatable bonds is 5. The lowest BCUT2D eigenvalue weighted by Gasteiger charge is -2.11. The van der Waals surface area contributed by atoms with Gasteiger partial charge in [-0.1, -0.05) is 17.7 Å². The Bertz CT molecular complexity index is 639. The van der Waals surface area contributed by atoms with E-state index in [4.69, 9.17) is 0 Å². The van der Waals surface area contributed by atoms with Gasteiger partial charge >= 0.3 is 6.03 Å². The van der Waals surface area contributed by atoms with Crippen LogP contribution in [0.25, 0.3) is 0 Å². The predicted molar refractivity (Wildman–Crippen MR) is 88.2 cm³/mol. The first-order chi connectivity index (χ1) is 10.5. The molecule has 0 saturated heterocycles. The number of nitrogens with zero attached hydrogens (tertiary/aromatic N) is 2. The average Bonchev–Trinajstić information content (AvgIpc) is 2.48. The van der Waals surface area contributed by atoms with Crippen molar-refractivity contribution in [2.24, 2.45) is 0 Å². The van der Waals surface area contributed by atoms with Crippen LogP contribution in [0, 0.1) is 20.8 Å². The van der Waals surface area contributed by atoms with E-state index in [-0.39, 0.29) is 6.03 Å². The number of amides is 2. The van der Waals surface area contributed by atoms with Crippen LogP contribution in [0.15, 0.2) is 30.3 Å². The van der Waals surface area contributed by atoms with Gasteiger partial charge < -0.3 is 16.0 Å². The van der Waals surface area contributed by atoms with Crippen LogP contribution in [-0.4, -0.2) is 29.3 Å². The summed E-state index contributed by atoms with van der Waals surface area (Å²) in [5.41, 5.74) is 3.91. The smallest absolute Gasteiger partial charge is 0.319 e. The van der Waals surface area contributed by atoms with Gasteiger partial charge in [0, 0.05) is 18.8 Å². The van der Waals surface area contributed by atoms with Crippen LogP contribution in [-0.2, 0) is 0 Å². The number of carbonyl (C=O) groups excluding carboxylic acids is 1. The fourth-order valence-corrected chi connectivity index (χ4v) is 1.98. The van der Waals surface area contributed by atoms with Crippen molar-refractivity contribution in [2.75, 3.05) is 23.7 Å². The molecule has 0 bridgehead atoms. The minimum Gasteiger partial charge on any atom is -0.367 e. The SMILES string of the molecule is Cc1ccc(NC(=O)NCCNc2ccc(C)nn2)c(C)c1. The van der Waals surface area contributed by atoms with E-state index in [2.05, 4.69) is 26.1 Å². The summed E-state index contributed by atoms with van der Waals surface area (Å²) in [6.45, 7) is 6.96. The first kappa shape index (κ1) is 15.8. The molecule has 0 aliphatic carbocycles. The van der Waals surface area contributed by atoms with E-state index in [1.165, 1.54) is 5.56 Å². The van der Waals surface area contributed by atoms with E-state index in [1.807, 2.05) is 51.1 Å². The molecule has 1 aromatic carbocycles. The lowest BCUT2D eigenvalue weighted by Crippen LogP contribution is -2.33. The molecule has 116 valence electrons. The second kappa shape index (κ2) is 7.40. The van der Waals surface area contributed by atoms with Crippen molar-refractivity contribution in [1.82, 2.24) is 15.5 Å². The van der Waals surface area contributed by atoms with Crippen LogP contribution in [0.4, 0.5) is 16.3 Å². The molecule has 6 nitrogen and oxygen atoms in total. The zero-order valence-corrected chi connectivity index (χ0v) is 13.1. The summed E-state index contributed by atoms with van der Waals surface area (Å²) in [7, 11) is 0. The van der Waals surface area contributed by atoms with Crippen molar-refractivity contribution in [2.45, 2.75) is 20.8 Å². The predicted octanol–water partition coefficient (Wildman–Crippen LogP) is 2.64. The molecule has 2 amide bonds. The topological polar surface area (TPSA) is 78.9 Å². The van der Waals surface area contributed by atoms with Gasteiger partial charge in [-0.15, -0.1) is 5.10 Å². The third-order valence-electron chi connectivity index (χ3n) is 3.14. The van der Waals surface area contributed by atoms with Crippen molar-refractivity contribution in [3.8, 4) is 0 Å².